The molecule has 0 saturated heterocycles. The van der Waals surface area contributed by atoms with E-state index in [2.05, 4.69) is 9.80 Å². The zero-order chi connectivity index (χ0) is 19.6. The van der Waals surface area contributed by atoms with Crippen LogP contribution in [-0.4, -0.2) is 33.3 Å². The molecule has 0 aliphatic heterocycles. The van der Waals surface area contributed by atoms with Crippen molar-refractivity contribution in [3.63, 3.8) is 0 Å². The number of anilines is 2. The van der Waals surface area contributed by atoms with E-state index in [-0.39, 0.29) is 0 Å². The number of pyridine rings is 1. The Balaban J connectivity index is 2.15. The van der Waals surface area contributed by atoms with Crippen molar-refractivity contribution >= 4 is 11.4 Å². The number of aliphatic hydroxyl groups is 1. The lowest BCUT2D eigenvalue weighted by molar-refractivity contribution is -0.671. The number of hydrogen-bond donors (Lipinski definition) is 1. The van der Waals surface area contributed by atoms with E-state index in [1.54, 1.807) is 0 Å². The Labute approximate surface area is 161 Å². The van der Waals surface area contributed by atoms with Crippen LogP contribution in [-0.2, 0) is 12.6 Å². The van der Waals surface area contributed by atoms with Gasteiger partial charge in [0, 0.05) is 57.3 Å². The zero-order valence-corrected chi connectivity index (χ0v) is 16.7. The van der Waals surface area contributed by atoms with Crippen LogP contribution in [0.25, 0.3) is 0 Å². The lowest BCUT2D eigenvalue weighted by atomic mass is 9.80. The highest BCUT2D eigenvalue weighted by Gasteiger charge is 2.34. The zero-order valence-electron chi connectivity index (χ0n) is 16.7. The SMILES string of the molecule is CN(C)c1ccc(C(O)(c2ccc(N(C)C)cc2)c2cc[n+](C)cc2)cc1. The number of benzene rings is 2. The van der Waals surface area contributed by atoms with Gasteiger partial charge in [-0.1, -0.05) is 24.3 Å². The molecule has 0 bridgehead atoms. The summed E-state index contributed by atoms with van der Waals surface area (Å²) in [5.74, 6) is 0. The summed E-state index contributed by atoms with van der Waals surface area (Å²) >= 11 is 0. The monoisotopic (exact) mass is 362 g/mol. The summed E-state index contributed by atoms with van der Waals surface area (Å²) in [5.41, 5.74) is 3.52. The van der Waals surface area contributed by atoms with Gasteiger partial charge in [-0.15, -0.1) is 0 Å². The van der Waals surface area contributed by atoms with Gasteiger partial charge in [0.1, 0.15) is 12.6 Å². The predicted molar refractivity (Wildman–Crippen MR) is 111 cm³/mol. The molecule has 0 radical (unpaired) electrons. The second kappa shape index (κ2) is 7.41. The van der Waals surface area contributed by atoms with Crippen LogP contribution in [0.15, 0.2) is 73.1 Å². The molecule has 4 heteroatoms. The molecule has 0 unspecified atom stereocenters. The second-order valence-corrected chi connectivity index (χ2v) is 7.35. The molecule has 0 saturated carbocycles. The van der Waals surface area contributed by atoms with Crippen molar-refractivity contribution in [3.05, 3.63) is 89.7 Å². The minimum Gasteiger partial charge on any atom is -0.378 e. The van der Waals surface area contributed by atoms with Crippen molar-refractivity contribution in [2.24, 2.45) is 7.05 Å². The smallest absolute Gasteiger partial charge is 0.168 e. The van der Waals surface area contributed by atoms with Crippen LogP contribution >= 0.6 is 0 Å². The lowest BCUT2D eigenvalue weighted by Gasteiger charge is -2.30. The van der Waals surface area contributed by atoms with E-state index < -0.39 is 5.60 Å². The van der Waals surface area contributed by atoms with Gasteiger partial charge in [-0.3, -0.25) is 0 Å². The Hall–Kier alpha value is -2.85. The fraction of sp³-hybridized carbons (Fsp3) is 0.261. The maximum Gasteiger partial charge on any atom is 0.168 e. The lowest BCUT2D eigenvalue weighted by Crippen LogP contribution is -2.32. The van der Waals surface area contributed by atoms with Crippen LogP contribution in [0.3, 0.4) is 0 Å². The molecule has 0 fully saturated rings. The van der Waals surface area contributed by atoms with Crippen molar-refractivity contribution in [3.8, 4) is 0 Å². The molecule has 0 atom stereocenters. The van der Waals surface area contributed by atoms with E-state index in [4.69, 9.17) is 0 Å². The van der Waals surface area contributed by atoms with Gasteiger partial charge >= 0.3 is 0 Å². The Morgan fingerprint density at radius 2 is 0.963 bits per heavy atom. The van der Waals surface area contributed by atoms with Gasteiger partial charge in [0.05, 0.1) is 0 Å². The van der Waals surface area contributed by atoms with Gasteiger partial charge in [-0.25, -0.2) is 4.57 Å². The largest absolute Gasteiger partial charge is 0.378 e. The predicted octanol–water partition coefficient (Wildman–Crippen LogP) is 2.93. The molecule has 3 aromatic rings. The molecule has 0 amide bonds. The molecule has 4 nitrogen and oxygen atoms in total. The summed E-state index contributed by atoms with van der Waals surface area (Å²) in [7, 11) is 10.0. The Morgan fingerprint density at radius 1 is 0.630 bits per heavy atom. The van der Waals surface area contributed by atoms with Crippen LogP contribution in [0.1, 0.15) is 16.7 Å². The molecule has 0 aliphatic rings. The first-order chi connectivity index (χ1) is 12.8. The van der Waals surface area contributed by atoms with Crippen LogP contribution in [0.4, 0.5) is 11.4 Å². The van der Waals surface area contributed by atoms with Gasteiger partial charge in [0.15, 0.2) is 12.4 Å². The van der Waals surface area contributed by atoms with Gasteiger partial charge < -0.3 is 14.9 Å². The van der Waals surface area contributed by atoms with E-state index >= 15 is 0 Å². The van der Waals surface area contributed by atoms with Gasteiger partial charge in [0.25, 0.3) is 0 Å². The minimum absolute atomic E-state index is 0.843. The van der Waals surface area contributed by atoms with Crippen molar-refractivity contribution < 1.29 is 9.67 Å². The Bertz CT molecular complexity index is 831. The van der Waals surface area contributed by atoms with E-state index in [9.17, 15) is 5.11 Å². The number of aryl methyl sites for hydroxylation is 1. The highest BCUT2D eigenvalue weighted by atomic mass is 16.3. The Kier molecular flexibility index (Phi) is 5.19. The van der Waals surface area contributed by atoms with Crippen molar-refractivity contribution in [1.29, 1.82) is 0 Å². The maximum atomic E-state index is 11.9. The average molecular weight is 362 g/mol. The molecule has 1 heterocycles. The van der Waals surface area contributed by atoms with E-state index in [1.165, 1.54) is 0 Å². The molecule has 1 N–H and O–H groups in total. The first-order valence-corrected chi connectivity index (χ1v) is 9.06. The highest BCUT2D eigenvalue weighted by Crippen LogP contribution is 2.37. The topological polar surface area (TPSA) is 30.6 Å². The standard InChI is InChI=1S/C23H28N3O/c1-24(2)21-10-6-18(7-11-21)23(27,20-14-16-26(5)17-15-20)19-8-12-22(13-9-19)25(3)4/h6-17,27H,1-5H3/q+1. The minimum atomic E-state index is -1.22. The summed E-state index contributed by atoms with van der Waals surface area (Å²) in [6, 6.07) is 20.1. The number of nitrogens with zero attached hydrogens (tertiary/aromatic N) is 3. The molecular formula is C23H28N3O+. The Morgan fingerprint density at radius 3 is 1.30 bits per heavy atom. The number of aromatic nitrogens is 1. The van der Waals surface area contributed by atoms with Crippen LogP contribution in [0, 0.1) is 0 Å². The van der Waals surface area contributed by atoms with Crippen LogP contribution < -0.4 is 14.4 Å². The highest BCUT2D eigenvalue weighted by molar-refractivity contribution is 5.54. The third-order valence-corrected chi connectivity index (χ3v) is 5.00. The molecule has 27 heavy (non-hydrogen) atoms. The number of rotatable bonds is 5. The molecule has 140 valence electrons. The fourth-order valence-electron chi connectivity index (χ4n) is 3.24. The van der Waals surface area contributed by atoms with Crippen molar-refractivity contribution in [1.82, 2.24) is 0 Å². The summed E-state index contributed by atoms with van der Waals surface area (Å²) in [5, 5.41) is 11.9. The summed E-state index contributed by atoms with van der Waals surface area (Å²) in [4.78, 5) is 4.11. The molecule has 2 aromatic carbocycles. The number of hydrogen-bond acceptors (Lipinski definition) is 3. The van der Waals surface area contributed by atoms with Gasteiger partial charge in [0.2, 0.25) is 0 Å². The van der Waals surface area contributed by atoms with Crippen molar-refractivity contribution in [2.45, 2.75) is 5.60 Å². The maximum absolute atomic E-state index is 11.9. The third kappa shape index (κ3) is 3.67. The summed E-state index contributed by atoms with van der Waals surface area (Å²) in [6.45, 7) is 0. The van der Waals surface area contributed by atoms with Crippen molar-refractivity contribution in [2.75, 3.05) is 38.0 Å². The van der Waals surface area contributed by atoms with E-state index in [1.807, 2.05) is 113 Å². The molecule has 1 aromatic heterocycles. The van der Waals surface area contributed by atoms with E-state index in [0.29, 0.717) is 0 Å². The first-order valence-electron chi connectivity index (χ1n) is 9.06. The fourth-order valence-corrected chi connectivity index (χ4v) is 3.24. The molecule has 0 aliphatic carbocycles. The third-order valence-electron chi connectivity index (χ3n) is 5.00. The molecule has 3 rings (SSSR count). The quantitative estimate of drug-likeness (QED) is 0.708. The average Bonchev–Trinajstić information content (AvgIpc) is 2.68. The molecular weight excluding hydrogens is 334 g/mol. The summed E-state index contributed by atoms with van der Waals surface area (Å²) < 4.78 is 1.97. The van der Waals surface area contributed by atoms with Crippen LogP contribution in [0.2, 0.25) is 0 Å². The van der Waals surface area contributed by atoms with Gasteiger partial charge in [-0.2, -0.15) is 0 Å². The second-order valence-electron chi connectivity index (χ2n) is 7.35. The van der Waals surface area contributed by atoms with E-state index in [0.717, 1.165) is 28.1 Å². The molecule has 0 spiro atoms. The normalized spacial score (nSPS) is 11.3. The van der Waals surface area contributed by atoms with Crippen LogP contribution in [0.5, 0.6) is 0 Å². The van der Waals surface area contributed by atoms with Gasteiger partial charge in [-0.05, 0) is 35.4 Å². The summed E-state index contributed by atoms with van der Waals surface area (Å²) in [6.07, 6.45) is 3.92. The first kappa shape index (κ1) is 18.9.